The van der Waals surface area contributed by atoms with Gasteiger partial charge in [-0.15, -0.1) is 24.0 Å². The molecule has 6 nitrogen and oxygen atoms in total. The third-order valence-electron chi connectivity index (χ3n) is 4.72. The minimum atomic E-state index is 0. The van der Waals surface area contributed by atoms with Crippen LogP contribution in [0.2, 0.25) is 0 Å². The highest BCUT2D eigenvalue weighted by Gasteiger charge is 2.23. The largest absolute Gasteiger partial charge is 0.368 e. The van der Waals surface area contributed by atoms with Gasteiger partial charge < -0.3 is 20.4 Å². The summed E-state index contributed by atoms with van der Waals surface area (Å²) in [6.45, 7) is 4.68. The van der Waals surface area contributed by atoms with Crippen LogP contribution in [0.1, 0.15) is 25.7 Å². The number of aliphatic imine (C=N–C) groups is 1. The van der Waals surface area contributed by atoms with Crippen LogP contribution in [0.15, 0.2) is 35.3 Å². The van der Waals surface area contributed by atoms with Gasteiger partial charge >= 0.3 is 0 Å². The number of nitrogens with one attached hydrogen (secondary N) is 2. The molecule has 2 fully saturated rings. The Morgan fingerprint density at radius 2 is 1.85 bits per heavy atom. The summed E-state index contributed by atoms with van der Waals surface area (Å²) in [6.07, 6.45) is 3.71. The molecule has 2 aliphatic rings. The lowest BCUT2D eigenvalue weighted by Crippen LogP contribution is -2.52. The highest BCUT2D eigenvalue weighted by Crippen LogP contribution is 2.18. The maximum Gasteiger partial charge on any atom is 0.220 e. The fraction of sp³-hybridized carbons (Fsp3) is 0.579. The van der Waals surface area contributed by atoms with Crippen LogP contribution in [0.25, 0.3) is 0 Å². The molecule has 26 heavy (non-hydrogen) atoms. The molecule has 0 bridgehead atoms. The van der Waals surface area contributed by atoms with Crippen molar-refractivity contribution in [2.24, 2.45) is 4.99 Å². The predicted octanol–water partition coefficient (Wildman–Crippen LogP) is 2.06. The first-order valence-electron chi connectivity index (χ1n) is 9.31. The number of rotatable bonds is 6. The van der Waals surface area contributed by atoms with E-state index >= 15 is 0 Å². The van der Waals surface area contributed by atoms with E-state index in [-0.39, 0.29) is 29.9 Å². The first-order valence-corrected chi connectivity index (χ1v) is 9.31. The van der Waals surface area contributed by atoms with Crippen LogP contribution >= 0.6 is 24.0 Å². The molecule has 1 aromatic rings. The third kappa shape index (κ3) is 6.34. The van der Waals surface area contributed by atoms with E-state index in [1.807, 2.05) is 7.05 Å². The molecular formula is C19H30IN5O. The van der Waals surface area contributed by atoms with Gasteiger partial charge in [0.15, 0.2) is 5.96 Å². The van der Waals surface area contributed by atoms with E-state index in [0.717, 1.165) is 57.9 Å². The Labute approximate surface area is 173 Å². The summed E-state index contributed by atoms with van der Waals surface area (Å²) in [5, 5.41) is 6.42. The van der Waals surface area contributed by atoms with E-state index < -0.39 is 0 Å². The quantitative estimate of drug-likeness (QED) is 0.289. The minimum absolute atomic E-state index is 0. The summed E-state index contributed by atoms with van der Waals surface area (Å²) in [5.74, 6) is 1.12. The van der Waals surface area contributed by atoms with Gasteiger partial charge in [0, 0.05) is 57.9 Å². The van der Waals surface area contributed by atoms with E-state index in [2.05, 4.69) is 55.8 Å². The average molecular weight is 471 g/mol. The van der Waals surface area contributed by atoms with Crippen molar-refractivity contribution in [2.45, 2.75) is 31.7 Å². The Morgan fingerprint density at radius 3 is 2.46 bits per heavy atom. The molecule has 144 valence electrons. The molecule has 0 unspecified atom stereocenters. The Kier molecular flexibility index (Phi) is 8.47. The lowest BCUT2D eigenvalue weighted by molar-refractivity contribution is -0.121. The summed E-state index contributed by atoms with van der Waals surface area (Å²) in [4.78, 5) is 20.8. The second-order valence-electron chi connectivity index (χ2n) is 6.73. The van der Waals surface area contributed by atoms with Gasteiger partial charge in [-0.2, -0.15) is 0 Å². The summed E-state index contributed by atoms with van der Waals surface area (Å²) >= 11 is 0. The van der Waals surface area contributed by atoms with Gasteiger partial charge in [-0.05, 0) is 31.4 Å². The summed E-state index contributed by atoms with van der Waals surface area (Å²) < 4.78 is 0. The van der Waals surface area contributed by atoms with Gasteiger partial charge in [0.05, 0.1) is 0 Å². The number of piperazine rings is 1. The van der Waals surface area contributed by atoms with Crippen LogP contribution in [0.3, 0.4) is 0 Å². The fourth-order valence-electron chi connectivity index (χ4n) is 3.12. The first-order chi connectivity index (χ1) is 12.3. The molecule has 1 aliphatic carbocycles. The Hall–Kier alpha value is -1.51. The molecule has 0 radical (unpaired) electrons. The zero-order valence-corrected chi connectivity index (χ0v) is 17.8. The molecule has 3 rings (SSSR count). The lowest BCUT2D eigenvalue weighted by Gasteiger charge is -2.37. The van der Waals surface area contributed by atoms with Crippen LogP contribution in [-0.4, -0.2) is 62.6 Å². The molecule has 0 aromatic heterocycles. The zero-order chi connectivity index (χ0) is 17.5. The smallest absolute Gasteiger partial charge is 0.220 e. The van der Waals surface area contributed by atoms with E-state index in [4.69, 9.17) is 0 Å². The molecule has 1 amide bonds. The number of para-hydroxylation sites is 1. The van der Waals surface area contributed by atoms with Gasteiger partial charge in [0.1, 0.15) is 0 Å². The molecule has 1 aromatic carbocycles. The van der Waals surface area contributed by atoms with Crippen LogP contribution in [0, 0.1) is 0 Å². The van der Waals surface area contributed by atoms with Crippen LogP contribution in [0.5, 0.6) is 0 Å². The number of hydrogen-bond acceptors (Lipinski definition) is 3. The number of hydrogen-bond donors (Lipinski definition) is 2. The summed E-state index contributed by atoms with van der Waals surface area (Å²) in [6, 6.07) is 11.0. The minimum Gasteiger partial charge on any atom is -0.368 e. The number of halogens is 1. The zero-order valence-electron chi connectivity index (χ0n) is 15.5. The standard InChI is InChI=1S/C19H29N5O.HI/c1-20-19(21-11-5-8-18(25)22-16-9-10-16)24-14-12-23(13-15-24)17-6-3-2-4-7-17;/h2-4,6-7,16H,5,8-15H2,1H3,(H,20,21)(H,22,25);1H. The molecule has 1 heterocycles. The first kappa shape index (κ1) is 20.8. The monoisotopic (exact) mass is 471 g/mol. The Morgan fingerprint density at radius 1 is 1.15 bits per heavy atom. The number of carbonyl (C=O) groups is 1. The SMILES string of the molecule is CN=C(NCCCC(=O)NC1CC1)N1CCN(c2ccccc2)CC1.I. The maximum absolute atomic E-state index is 11.7. The van der Waals surface area contributed by atoms with Crippen LogP contribution in [0.4, 0.5) is 5.69 Å². The Bertz CT molecular complexity index is 583. The van der Waals surface area contributed by atoms with E-state index in [9.17, 15) is 4.79 Å². The number of amides is 1. The van der Waals surface area contributed by atoms with Crippen LogP contribution < -0.4 is 15.5 Å². The van der Waals surface area contributed by atoms with Crippen molar-refractivity contribution in [1.29, 1.82) is 0 Å². The van der Waals surface area contributed by atoms with Gasteiger partial charge in [-0.1, -0.05) is 18.2 Å². The summed E-state index contributed by atoms with van der Waals surface area (Å²) in [5.41, 5.74) is 1.28. The van der Waals surface area contributed by atoms with Gasteiger partial charge in [0.25, 0.3) is 0 Å². The fourth-order valence-corrected chi connectivity index (χ4v) is 3.12. The second kappa shape index (κ2) is 10.6. The molecular weight excluding hydrogens is 441 g/mol. The van der Waals surface area contributed by atoms with E-state index in [1.54, 1.807) is 0 Å². The van der Waals surface area contributed by atoms with Gasteiger partial charge in [-0.3, -0.25) is 9.79 Å². The topological polar surface area (TPSA) is 60.0 Å². The van der Waals surface area contributed by atoms with Crippen molar-refractivity contribution in [2.75, 3.05) is 44.7 Å². The number of nitrogens with zero attached hydrogens (tertiary/aromatic N) is 3. The molecule has 0 spiro atoms. The van der Waals surface area contributed by atoms with E-state index in [1.165, 1.54) is 5.69 Å². The number of benzene rings is 1. The lowest BCUT2D eigenvalue weighted by atomic mass is 10.2. The van der Waals surface area contributed by atoms with Crippen molar-refractivity contribution < 1.29 is 4.79 Å². The molecule has 1 saturated carbocycles. The van der Waals surface area contributed by atoms with Gasteiger partial charge in [0.2, 0.25) is 5.91 Å². The van der Waals surface area contributed by atoms with Crippen LogP contribution in [-0.2, 0) is 4.79 Å². The predicted molar refractivity (Wildman–Crippen MR) is 117 cm³/mol. The second-order valence-corrected chi connectivity index (χ2v) is 6.73. The molecule has 7 heteroatoms. The van der Waals surface area contributed by atoms with Crippen molar-refractivity contribution in [3.63, 3.8) is 0 Å². The van der Waals surface area contributed by atoms with Gasteiger partial charge in [-0.25, -0.2) is 0 Å². The number of carbonyl (C=O) groups excluding carboxylic acids is 1. The van der Waals surface area contributed by atoms with Crippen molar-refractivity contribution in [3.05, 3.63) is 30.3 Å². The highest BCUT2D eigenvalue weighted by atomic mass is 127. The van der Waals surface area contributed by atoms with E-state index in [0.29, 0.717) is 12.5 Å². The molecule has 1 aliphatic heterocycles. The number of guanidine groups is 1. The normalized spacial score (nSPS) is 17.5. The number of anilines is 1. The highest BCUT2D eigenvalue weighted by molar-refractivity contribution is 14.0. The molecule has 0 atom stereocenters. The third-order valence-corrected chi connectivity index (χ3v) is 4.72. The summed E-state index contributed by atoms with van der Waals surface area (Å²) in [7, 11) is 1.83. The van der Waals surface area contributed by atoms with Crippen molar-refractivity contribution in [3.8, 4) is 0 Å². The average Bonchev–Trinajstić information content (AvgIpc) is 3.47. The molecule has 1 saturated heterocycles. The molecule has 2 N–H and O–H groups in total. The maximum atomic E-state index is 11.7. The Balaban J connectivity index is 0.00000243. The van der Waals surface area contributed by atoms with Crippen molar-refractivity contribution >= 4 is 41.5 Å². The van der Waals surface area contributed by atoms with Crippen molar-refractivity contribution in [1.82, 2.24) is 15.5 Å².